The van der Waals surface area contributed by atoms with Crippen molar-refractivity contribution >= 4 is 19.7 Å². The van der Waals surface area contributed by atoms with Crippen molar-refractivity contribution in [2.45, 2.75) is 103 Å². The van der Waals surface area contributed by atoms with Crippen molar-refractivity contribution in [2.24, 2.45) is 0 Å². The molecule has 1 amide bonds. The Balaban J connectivity index is 2.96. The first-order valence-corrected chi connectivity index (χ1v) is 16.6. The van der Waals surface area contributed by atoms with Gasteiger partial charge in [-0.1, -0.05) is 82.7 Å². The van der Waals surface area contributed by atoms with Crippen LogP contribution in [0, 0.1) is 0 Å². The molecule has 10 heteroatoms. The molecule has 1 unspecified atom stereocenters. The highest BCUT2D eigenvalue weighted by molar-refractivity contribution is 7.51. The summed E-state index contributed by atoms with van der Waals surface area (Å²) in [4.78, 5) is 38.2. The first-order chi connectivity index (χ1) is 19.0. The molecule has 0 saturated heterocycles. The van der Waals surface area contributed by atoms with E-state index in [1.807, 2.05) is 51.5 Å². The van der Waals surface area contributed by atoms with Crippen LogP contribution in [0.15, 0.2) is 30.3 Å². The molecule has 0 fully saturated rings. The van der Waals surface area contributed by atoms with Crippen LogP contribution in [0.5, 0.6) is 0 Å². The molecule has 0 radical (unpaired) electrons. The number of hydrogen-bond acceptors (Lipinski definition) is 7. The number of ether oxygens (including phenoxy) is 2. The monoisotopic (exact) mass is 584 g/mol. The van der Waals surface area contributed by atoms with Gasteiger partial charge in [0.05, 0.1) is 27.2 Å². The summed E-state index contributed by atoms with van der Waals surface area (Å²) in [5, 5.41) is 2.97. The minimum atomic E-state index is -4.15. The third-order valence-electron chi connectivity index (χ3n) is 6.61. The van der Waals surface area contributed by atoms with Gasteiger partial charge < -0.3 is 33.3 Å². The van der Waals surface area contributed by atoms with Gasteiger partial charge in [-0.25, -0.2) is 4.79 Å². The summed E-state index contributed by atoms with van der Waals surface area (Å²) in [6, 6.07) is 8.62. The predicted octanol–water partition coefficient (Wildman–Crippen LogP) is 5.80. The minimum Gasteiger partial charge on any atom is -0.778 e. The van der Waals surface area contributed by atoms with E-state index in [-0.39, 0.29) is 31.7 Å². The predicted molar refractivity (Wildman–Crippen MR) is 157 cm³/mol. The summed E-state index contributed by atoms with van der Waals surface area (Å²) in [6.07, 6.45) is 6.77. The lowest BCUT2D eigenvalue weighted by Crippen LogP contribution is -2.46. The highest BCUT2D eigenvalue weighted by Crippen LogP contribution is 2.38. The number of carbonyl (C=O) groups is 2. The van der Waals surface area contributed by atoms with Crippen molar-refractivity contribution in [1.82, 2.24) is 5.32 Å². The van der Waals surface area contributed by atoms with Crippen LogP contribution in [0.1, 0.15) is 90.0 Å². The number of unbranched alkanes of at least 4 members (excludes halogenated alkanes) is 6. The van der Waals surface area contributed by atoms with Gasteiger partial charge in [-0.15, -0.1) is 0 Å². The quantitative estimate of drug-likeness (QED) is 0.0793. The van der Waals surface area contributed by atoms with Gasteiger partial charge in [0.25, 0.3) is 0 Å². The van der Waals surface area contributed by atoms with Gasteiger partial charge in [-0.05, 0) is 31.2 Å². The van der Waals surface area contributed by atoms with E-state index < -0.39 is 25.9 Å². The molecule has 0 aromatic heterocycles. The van der Waals surface area contributed by atoms with E-state index in [9.17, 15) is 19.0 Å². The Morgan fingerprint density at radius 2 is 1.60 bits per heavy atom. The Morgan fingerprint density at radius 3 is 2.25 bits per heavy atom. The molecule has 1 aromatic rings. The number of nitrogens with one attached hydrogen (secondary N) is 1. The van der Waals surface area contributed by atoms with Gasteiger partial charge in [-0.3, -0.25) is 4.79 Å². The van der Waals surface area contributed by atoms with Crippen LogP contribution in [-0.2, 0) is 30.0 Å². The standard InChI is InChI=1S/C30H53N2O7P/c1-6-8-10-11-16-19-28(39-30(34)37-25-26-17-14-12-15-18-26)27(31-29(33)20-13-9-7-2)21-24-40(35,36)38-23-22-32(3,4)5/h12,14-15,17-18,27-28H,6-11,13,16,19-25H2,1-5H3,(H-,31,33,35,36)/t27-,28+/m0/s1. The van der Waals surface area contributed by atoms with Crippen molar-refractivity contribution in [1.29, 1.82) is 0 Å². The Kier molecular flexibility index (Phi) is 18.1. The van der Waals surface area contributed by atoms with Gasteiger partial charge in [0.1, 0.15) is 33.5 Å². The molecule has 0 aliphatic rings. The van der Waals surface area contributed by atoms with E-state index in [0.29, 0.717) is 23.9 Å². The molecule has 3 atom stereocenters. The highest BCUT2D eigenvalue weighted by Gasteiger charge is 2.29. The van der Waals surface area contributed by atoms with Gasteiger partial charge >= 0.3 is 6.16 Å². The fraction of sp³-hybridized carbons (Fsp3) is 0.733. The van der Waals surface area contributed by atoms with Crippen molar-refractivity contribution in [3.63, 3.8) is 0 Å². The molecule has 230 valence electrons. The van der Waals surface area contributed by atoms with Gasteiger partial charge in [0, 0.05) is 12.6 Å². The second-order valence-electron chi connectivity index (χ2n) is 11.5. The Labute approximate surface area is 242 Å². The summed E-state index contributed by atoms with van der Waals surface area (Å²) in [7, 11) is 1.73. The molecular weight excluding hydrogens is 531 g/mol. The maximum atomic E-state index is 12.8. The lowest BCUT2D eigenvalue weighted by Gasteiger charge is -2.31. The molecule has 0 heterocycles. The molecule has 0 spiro atoms. The molecular formula is C30H53N2O7P. The van der Waals surface area contributed by atoms with Gasteiger partial charge in [0.2, 0.25) is 5.91 Å². The fourth-order valence-electron chi connectivity index (χ4n) is 4.15. The number of rotatable bonds is 22. The van der Waals surface area contributed by atoms with E-state index >= 15 is 0 Å². The first-order valence-electron chi connectivity index (χ1n) is 14.9. The lowest BCUT2D eigenvalue weighted by molar-refractivity contribution is -0.870. The average molecular weight is 585 g/mol. The number of benzene rings is 1. The van der Waals surface area contributed by atoms with E-state index in [1.165, 1.54) is 0 Å². The second-order valence-corrected chi connectivity index (χ2v) is 13.4. The molecule has 40 heavy (non-hydrogen) atoms. The SMILES string of the molecule is CCCCCCC[C@@H](OC(=O)OCc1ccccc1)[C@H](CCP(=O)([O-])OCC[N+](C)(C)C)NC(=O)CCCCC. The van der Waals surface area contributed by atoms with Crippen LogP contribution >= 0.6 is 7.60 Å². The van der Waals surface area contributed by atoms with Crippen molar-refractivity contribution < 1.29 is 37.5 Å². The maximum Gasteiger partial charge on any atom is 0.508 e. The molecule has 0 aliphatic heterocycles. The van der Waals surface area contributed by atoms with Crippen LogP contribution in [0.25, 0.3) is 0 Å². The molecule has 0 saturated carbocycles. The molecule has 1 rings (SSSR count). The van der Waals surface area contributed by atoms with Crippen LogP contribution < -0.4 is 10.2 Å². The number of likely N-dealkylation sites (N-methyl/N-ethyl adjacent to an activating group) is 1. The normalized spacial score (nSPS) is 14.7. The highest BCUT2D eigenvalue weighted by atomic mass is 31.2. The zero-order valence-electron chi connectivity index (χ0n) is 25.4. The van der Waals surface area contributed by atoms with E-state index in [0.717, 1.165) is 56.9 Å². The summed E-state index contributed by atoms with van der Waals surface area (Å²) in [6.45, 7) is 4.89. The van der Waals surface area contributed by atoms with Crippen LogP contribution in [0.3, 0.4) is 0 Å². The van der Waals surface area contributed by atoms with Crippen LogP contribution in [0.2, 0.25) is 0 Å². The molecule has 0 bridgehead atoms. The largest absolute Gasteiger partial charge is 0.778 e. The molecule has 9 nitrogen and oxygen atoms in total. The molecule has 1 aromatic carbocycles. The minimum absolute atomic E-state index is 0.0623. The Bertz CT molecular complexity index is 877. The first kappa shape index (κ1) is 36.1. The Hall–Kier alpha value is -1.93. The second kappa shape index (κ2) is 20.0. The fourth-order valence-corrected chi connectivity index (χ4v) is 5.23. The summed E-state index contributed by atoms with van der Waals surface area (Å²) in [5.41, 5.74) is 0.828. The third kappa shape index (κ3) is 18.4. The number of amides is 1. The Morgan fingerprint density at radius 1 is 0.950 bits per heavy atom. The van der Waals surface area contributed by atoms with Crippen molar-refractivity contribution in [2.75, 3.05) is 40.5 Å². The zero-order valence-corrected chi connectivity index (χ0v) is 26.3. The average Bonchev–Trinajstić information content (AvgIpc) is 2.89. The number of quaternary nitrogens is 1. The number of hydrogen-bond donors (Lipinski definition) is 1. The van der Waals surface area contributed by atoms with Crippen molar-refractivity contribution in [3.05, 3.63) is 35.9 Å². The van der Waals surface area contributed by atoms with E-state index in [1.54, 1.807) is 0 Å². The van der Waals surface area contributed by atoms with Crippen LogP contribution in [-0.4, -0.2) is 69.1 Å². The molecule has 0 aliphatic carbocycles. The topological polar surface area (TPSA) is 114 Å². The van der Waals surface area contributed by atoms with Gasteiger partial charge in [-0.2, -0.15) is 0 Å². The van der Waals surface area contributed by atoms with Crippen molar-refractivity contribution in [3.8, 4) is 0 Å². The number of carbonyl (C=O) groups excluding carboxylic acids is 2. The zero-order chi connectivity index (χ0) is 29.9. The smallest absolute Gasteiger partial charge is 0.508 e. The third-order valence-corrected chi connectivity index (χ3v) is 7.99. The maximum absolute atomic E-state index is 12.8. The summed E-state index contributed by atoms with van der Waals surface area (Å²) >= 11 is 0. The molecule has 1 N–H and O–H groups in total. The summed E-state index contributed by atoms with van der Waals surface area (Å²) in [5.74, 6) is -0.178. The summed E-state index contributed by atoms with van der Waals surface area (Å²) < 4.78 is 29.6. The lowest BCUT2D eigenvalue weighted by atomic mass is 10.0. The van der Waals surface area contributed by atoms with E-state index in [2.05, 4.69) is 19.2 Å². The van der Waals surface area contributed by atoms with E-state index in [4.69, 9.17) is 14.0 Å². The number of nitrogens with zero attached hydrogens (tertiary/aromatic N) is 1. The van der Waals surface area contributed by atoms with Gasteiger partial charge in [0.15, 0.2) is 0 Å². The van der Waals surface area contributed by atoms with Crippen LogP contribution in [0.4, 0.5) is 4.79 Å².